The molecular weight excluding hydrogens is 503 g/mol. The topological polar surface area (TPSA) is 15.5 Å². The van der Waals surface area contributed by atoms with Crippen LogP contribution in [-0.4, -0.2) is 43.1 Å². The number of rotatable bonds is 2. The Balaban J connectivity index is 1.43. The minimum atomic E-state index is -0.198. The summed E-state index contributed by atoms with van der Waals surface area (Å²) < 4.78 is 12.2. The van der Waals surface area contributed by atoms with Gasteiger partial charge in [0.1, 0.15) is 0 Å². The van der Waals surface area contributed by atoms with Gasteiger partial charge in [0.05, 0.1) is 0 Å². The number of nitrogens with zero attached hydrogens (tertiary/aromatic N) is 2. The van der Waals surface area contributed by atoms with Crippen LogP contribution in [0.1, 0.15) is 36.6 Å². The van der Waals surface area contributed by atoms with Crippen LogP contribution in [0.4, 0.5) is 5.00 Å². The summed E-state index contributed by atoms with van der Waals surface area (Å²) in [7, 11) is 2.19. The molecule has 0 spiro atoms. The van der Waals surface area contributed by atoms with Crippen molar-refractivity contribution in [1.82, 2.24) is 0 Å². The summed E-state index contributed by atoms with van der Waals surface area (Å²) in [6.45, 7) is 8.41. The molecule has 5 heterocycles. The molecule has 5 aliphatic rings. The third-order valence-corrected chi connectivity index (χ3v) is 11.7. The van der Waals surface area contributed by atoms with Gasteiger partial charge in [0.2, 0.25) is 0 Å². The monoisotopic (exact) mass is 530 g/mol. The van der Waals surface area contributed by atoms with E-state index in [1.165, 1.54) is 38.6 Å². The number of thiophene rings is 1. The SMILES string of the molecule is C=Cc1sc2c(c1/C=C\C)[I-]C1=C3C=C4C=C5C=[N+](C)CCC5CC4OC3CCN12. The molecule has 0 saturated heterocycles. The number of hydrogen-bond donors (Lipinski definition) is 0. The van der Waals surface area contributed by atoms with Crippen molar-refractivity contribution < 1.29 is 30.5 Å². The van der Waals surface area contributed by atoms with E-state index in [1.807, 2.05) is 17.4 Å². The number of hydrogen-bond acceptors (Lipinski definition) is 3. The maximum absolute atomic E-state index is 6.74. The van der Waals surface area contributed by atoms with Gasteiger partial charge in [0.15, 0.2) is 0 Å². The summed E-state index contributed by atoms with van der Waals surface area (Å²) in [4.78, 5) is 3.93. The van der Waals surface area contributed by atoms with Crippen LogP contribution in [0.5, 0.6) is 0 Å². The van der Waals surface area contributed by atoms with Crippen LogP contribution in [0.3, 0.4) is 0 Å². The molecule has 0 aromatic carbocycles. The van der Waals surface area contributed by atoms with Gasteiger partial charge >= 0.3 is 194 Å². The van der Waals surface area contributed by atoms with Crippen LogP contribution in [-0.2, 0) is 4.74 Å². The Kier molecular flexibility index (Phi) is 4.70. The van der Waals surface area contributed by atoms with Crippen LogP contribution in [0.15, 0.2) is 45.2 Å². The van der Waals surface area contributed by atoms with Crippen LogP contribution in [0.25, 0.3) is 12.2 Å². The molecule has 3 atom stereocenters. The number of halogens is 1. The molecule has 4 aliphatic heterocycles. The van der Waals surface area contributed by atoms with Crippen molar-refractivity contribution >= 4 is 34.7 Å². The fraction of sp³-hybridized carbons (Fsp3) is 0.400. The fourth-order valence-corrected chi connectivity index (χ4v) is 10.7. The van der Waals surface area contributed by atoms with Crippen LogP contribution in [0.2, 0.25) is 0 Å². The molecule has 1 aromatic rings. The van der Waals surface area contributed by atoms with E-state index >= 15 is 0 Å². The fourth-order valence-electron chi connectivity index (χ4n) is 5.32. The predicted molar refractivity (Wildman–Crippen MR) is 121 cm³/mol. The van der Waals surface area contributed by atoms with Gasteiger partial charge in [-0.15, -0.1) is 0 Å². The average Bonchev–Trinajstić information content (AvgIpc) is 3.27. The molecular formula is C25H27IN2OS. The number of ether oxygens (including phenoxy) is 1. The van der Waals surface area contributed by atoms with Crippen LogP contribution in [0, 0.1) is 9.49 Å². The van der Waals surface area contributed by atoms with Crippen LogP contribution < -0.4 is 26.1 Å². The van der Waals surface area contributed by atoms with E-state index in [-0.39, 0.29) is 33.4 Å². The van der Waals surface area contributed by atoms with E-state index < -0.39 is 0 Å². The first-order chi connectivity index (χ1) is 14.7. The molecule has 1 aliphatic carbocycles. The summed E-state index contributed by atoms with van der Waals surface area (Å²) >= 11 is 1.72. The predicted octanol–water partition coefficient (Wildman–Crippen LogP) is 1.88. The summed E-state index contributed by atoms with van der Waals surface area (Å²) in [6, 6.07) is 0. The molecule has 3 unspecified atom stereocenters. The Bertz CT molecular complexity index is 1100. The van der Waals surface area contributed by atoms with Gasteiger partial charge in [0, 0.05) is 0 Å². The molecule has 1 aromatic heterocycles. The van der Waals surface area contributed by atoms with E-state index in [9.17, 15) is 0 Å². The van der Waals surface area contributed by atoms with Crippen molar-refractivity contribution in [3.8, 4) is 0 Å². The van der Waals surface area contributed by atoms with Gasteiger partial charge in [-0.2, -0.15) is 0 Å². The zero-order chi connectivity index (χ0) is 20.4. The van der Waals surface area contributed by atoms with Crippen molar-refractivity contribution in [1.29, 1.82) is 0 Å². The molecule has 156 valence electrons. The Morgan fingerprint density at radius 1 is 1.27 bits per heavy atom. The van der Waals surface area contributed by atoms with Crippen molar-refractivity contribution in [2.45, 2.75) is 38.4 Å². The summed E-state index contributed by atoms with van der Waals surface area (Å²) in [5.41, 5.74) is 5.77. The van der Waals surface area contributed by atoms with Crippen molar-refractivity contribution in [3.05, 3.63) is 59.2 Å². The zero-order valence-corrected chi connectivity index (χ0v) is 20.5. The summed E-state index contributed by atoms with van der Waals surface area (Å²) in [5, 5.41) is 1.47. The molecule has 0 radical (unpaired) electrons. The zero-order valence-electron chi connectivity index (χ0n) is 17.5. The van der Waals surface area contributed by atoms with E-state index in [2.05, 4.69) is 60.5 Å². The summed E-state index contributed by atoms with van der Waals surface area (Å²) in [6.07, 6.45) is 17.8. The first kappa shape index (κ1) is 19.3. The standard InChI is InChI=1S/C25H27IN2OS/c1-4-6-18-22(5-2)30-25-23(18)26-24-19-12-16-11-17-14-27(3)9-7-15(17)13-21(16)29-20(19)8-10-28(24)25/h4-6,11-12,14-15,20-21H,2,7-10,13H2,1,3H3/b6-4-. The quantitative estimate of drug-likeness (QED) is 0.330. The van der Waals surface area contributed by atoms with Crippen molar-refractivity contribution in [2.24, 2.45) is 5.92 Å². The Labute approximate surface area is 193 Å². The second kappa shape index (κ2) is 7.31. The third-order valence-electron chi connectivity index (χ3n) is 6.81. The molecule has 6 rings (SSSR count). The third kappa shape index (κ3) is 2.88. The Morgan fingerprint density at radius 3 is 3.00 bits per heavy atom. The molecule has 0 fully saturated rings. The molecule has 0 bridgehead atoms. The van der Waals surface area contributed by atoms with Gasteiger partial charge in [-0.05, 0) is 0 Å². The molecule has 0 amide bonds. The Morgan fingerprint density at radius 2 is 2.17 bits per heavy atom. The molecule has 30 heavy (non-hydrogen) atoms. The first-order valence-corrected chi connectivity index (χ1v) is 13.9. The van der Waals surface area contributed by atoms with Gasteiger partial charge in [0.25, 0.3) is 0 Å². The second-order valence-electron chi connectivity index (χ2n) is 8.72. The van der Waals surface area contributed by atoms with Gasteiger partial charge in [-0.25, -0.2) is 0 Å². The van der Waals surface area contributed by atoms with E-state index in [0.29, 0.717) is 5.92 Å². The first-order valence-electron chi connectivity index (χ1n) is 10.9. The molecule has 0 saturated carbocycles. The number of allylic oxidation sites excluding steroid dienone is 2. The normalized spacial score (nSPS) is 29.7. The maximum atomic E-state index is 6.74. The number of anilines is 1. The molecule has 5 heteroatoms. The van der Waals surface area contributed by atoms with E-state index in [1.54, 1.807) is 7.27 Å². The summed E-state index contributed by atoms with van der Waals surface area (Å²) in [5.74, 6) is 0.671. The van der Waals surface area contributed by atoms with E-state index in [0.717, 1.165) is 25.9 Å². The number of fused-ring (bicyclic) bond motifs is 6. The van der Waals surface area contributed by atoms with E-state index in [4.69, 9.17) is 4.74 Å². The molecule has 3 nitrogen and oxygen atoms in total. The van der Waals surface area contributed by atoms with Crippen LogP contribution >= 0.6 is 11.3 Å². The van der Waals surface area contributed by atoms with Gasteiger partial charge in [-0.1, -0.05) is 0 Å². The van der Waals surface area contributed by atoms with Gasteiger partial charge in [-0.3, -0.25) is 0 Å². The molecule has 0 N–H and O–H groups in total. The Hall–Kier alpha value is -1.44. The van der Waals surface area contributed by atoms with Crippen molar-refractivity contribution in [2.75, 3.05) is 25.0 Å². The minimum absolute atomic E-state index is 0.198. The van der Waals surface area contributed by atoms with Gasteiger partial charge < -0.3 is 0 Å². The second-order valence-corrected chi connectivity index (χ2v) is 12.4. The van der Waals surface area contributed by atoms with Crippen molar-refractivity contribution in [3.63, 3.8) is 0 Å². The average molecular weight is 530 g/mol.